The Labute approximate surface area is 242 Å². The van der Waals surface area contributed by atoms with Gasteiger partial charge in [-0.05, 0) is 34.7 Å². The van der Waals surface area contributed by atoms with E-state index < -0.39 is 23.6 Å². The van der Waals surface area contributed by atoms with Gasteiger partial charge in [0.15, 0.2) is 0 Å². The van der Waals surface area contributed by atoms with Crippen molar-refractivity contribution in [2.24, 2.45) is 5.41 Å². The molecule has 0 aromatic heterocycles. The summed E-state index contributed by atoms with van der Waals surface area (Å²) in [5.41, 5.74) is 1.41. The van der Waals surface area contributed by atoms with Gasteiger partial charge in [0, 0.05) is 38.0 Å². The lowest BCUT2D eigenvalue weighted by molar-refractivity contribution is -0.145. The number of nitrogens with one attached hydrogen (secondary N) is 3. The minimum Gasteiger partial charge on any atom is -0.390 e. The minimum absolute atomic E-state index is 0.0444. The van der Waals surface area contributed by atoms with E-state index in [2.05, 4.69) is 16.0 Å². The number of carbonyl (C=O) groups is 3. The lowest BCUT2D eigenvalue weighted by Crippen LogP contribution is -2.55. The molecule has 4 rings (SSSR count). The van der Waals surface area contributed by atoms with Gasteiger partial charge in [0.25, 0.3) is 0 Å². The average molecular weight is 559 g/mol. The second kappa shape index (κ2) is 13.7. The van der Waals surface area contributed by atoms with Gasteiger partial charge in [0.05, 0.1) is 6.10 Å². The van der Waals surface area contributed by atoms with Crippen molar-refractivity contribution in [2.75, 3.05) is 19.6 Å². The second-order valence-electron chi connectivity index (χ2n) is 11.9. The highest BCUT2D eigenvalue weighted by molar-refractivity contribution is 5.93. The maximum atomic E-state index is 13.5. The van der Waals surface area contributed by atoms with E-state index in [1.54, 1.807) is 4.90 Å². The van der Waals surface area contributed by atoms with Gasteiger partial charge in [-0.2, -0.15) is 0 Å². The zero-order valence-electron chi connectivity index (χ0n) is 24.2. The first-order chi connectivity index (χ1) is 19.6. The summed E-state index contributed by atoms with van der Waals surface area (Å²) >= 11 is 0. The lowest BCUT2D eigenvalue weighted by Gasteiger charge is -2.31. The fraction of sp³-hybridized carbons (Fsp3) is 0.424. The van der Waals surface area contributed by atoms with Gasteiger partial charge in [0.1, 0.15) is 12.1 Å². The van der Waals surface area contributed by atoms with Gasteiger partial charge in [0.2, 0.25) is 17.7 Å². The second-order valence-corrected chi connectivity index (χ2v) is 11.9. The first-order valence-electron chi connectivity index (χ1n) is 14.4. The molecule has 0 saturated carbocycles. The van der Waals surface area contributed by atoms with Crippen molar-refractivity contribution in [1.29, 1.82) is 0 Å². The molecule has 2 unspecified atom stereocenters. The summed E-state index contributed by atoms with van der Waals surface area (Å²) in [6, 6.07) is 22.4. The number of fused-ring (bicyclic) bond motifs is 1. The summed E-state index contributed by atoms with van der Waals surface area (Å²) in [7, 11) is 0. The van der Waals surface area contributed by atoms with Crippen LogP contribution in [0.15, 0.2) is 72.8 Å². The highest BCUT2D eigenvalue weighted by Crippen LogP contribution is 2.26. The molecular weight excluding hydrogens is 516 g/mol. The van der Waals surface area contributed by atoms with Crippen LogP contribution in [0.4, 0.5) is 0 Å². The van der Waals surface area contributed by atoms with Gasteiger partial charge >= 0.3 is 0 Å². The van der Waals surface area contributed by atoms with Crippen molar-refractivity contribution in [2.45, 2.75) is 64.8 Å². The minimum atomic E-state index is -0.861. The molecule has 41 heavy (non-hydrogen) atoms. The molecule has 3 aromatic carbocycles. The van der Waals surface area contributed by atoms with Crippen LogP contribution in [0.5, 0.6) is 0 Å². The topological polar surface area (TPSA) is 111 Å². The number of rotatable bonds is 11. The van der Waals surface area contributed by atoms with E-state index in [9.17, 15) is 19.5 Å². The molecule has 1 heterocycles. The molecular formula is C33H42N4O4. The van der Waals surface area contributed by atoms with E-state index in [1.807, 2.05) is 93.6 Å². The third kappa shape index (κ3) is 8.38. The van der Waals surface area contributed by atoms with Crippen LogP contribution in [0.1, 0.15) is 44.7 Å². The first kappa shape index (κ1) is 30.2. The third-order valence-corrected chi connectivity index (χ3v) is 7.41. The Morgan fingerprint density at radius 3 is 2.37 bits per heavy atom. The van der Waals surface area contributed by atoms with Crippen molar-refractivity contribution in [3.05, 3.63) is 83.9 Å². The summed E-state index contributed by atoms with van der Waals surface area (Å²) in [6.45, 7) is 7.02. The molecule has 8 heteroatoms. The Morgan fingerprint density at radius 2 is 1.63 bits per heavy atom. The number of aliphatic hydroxyl groups excluding tert-OH is 1. The molecule has 4 N–H and O–H groups in total. The van der Waals surface area contributed by atoms with Crippen LogP contribution in [0.2, 0.25) is 0 Å². The monoisotopic (exact) mass is 558 g/mol. The van der Waals surface area contributed by atoms with Crippen LogP contribution in [0.25, 0.3) is 10.8 Å². The van der Waals surface area contributed by atoms with Gasteiger partial charge < -0.3 is 26.0 Å². The SMILES string of the molecule is CC(C)(C)C(=O)N1CCCC1C(=O)N[C@H](Cc1ccc2ccccc2c1)C(=O)NCC(O)CNCc1ccccc1. The van der Waals surface area contributed by atoms with E-state index in [0.717, 1.165) is 28.3 Å². The molecule has 3 atom stereocenters. The van der Waals surface area contributed by atoms with Crippen LogP contribution in [0, 0.1) is 5.41 Å². The number of amides is 3. The Bertz CT molecular complexity index is 1340. The number of hydrogen-bond acceptors (Lipinski definition) is 5. The van der Waals surface area contributed by atoms with E-state index in [0.29, 0.717) is 26.1 Å². The fourth-order valence-corrected chi connectivity index (χ4v) is 5.18. The maximum Gasteiger partial charge on any atom is 0.243 e. The number of carbonyl (C=O) groups excluding carboxylic acids is 3. The van der Waals surface area contributed by atoms with Crippen molar-refractivity contribution in [3.8, 4) is 0 Å². The Morgan fingerprint density at radius 1 is 0.927 bits per heavy atom. The molecule has 1 aliphatic heterocycles. The predicted molar refractivity (Wildman–Crippen MR) is 161 cm³/mol. The Hall–Kier alpha value is -3.75. The van der Waals surface area contributed by atoms with Gasteiger partial charge in [-0.15, -0.1) is 0 Å². The van der Waals surface area contributed by atoms with Gasteiger partial charge in [-0.25, -0.2) is 0 Å². The van der Waals surface area contributed by atoms with Crippen molar-refractivity contribution >= 4 is 28.5 Å². The smallest absolute Gasteiger partial charge is 0.243 e. The van der Waals surface area contributed by atoms with Crippen molar-refractivity contribution in [1.82, 2.24) is 20.9 Å². The summed E-state index contributed by atoms with van der Waals surface area (Å²) in [5, 5.41) is 21.6. The third-order valence-electron chi connectivity index (χ3n) is 7.41. The highest BCUT2D eigenvalue weighted by atomic mass is 16.3. The lowest BCUT2D eigenvalue weighted by atomic mass is 9.94. The van der Waals surface area contributed by atoms with E-state index in [1.165, 1.54) is 0 Å². The zero-order chi connectivity index (χ0) is 29.4. The molecule has 218 valence electrons. The van der Waals surface area contributed by atoms with Crippen LogP contribution >= 0.6 is 0 Å². The summed E-state index contributed by atoms with van der Waals surface area (Å²) in [5.74, 6) is -0.775. The quantitative estimate of drug-likeness (QED) is 0.289. The van der Waals surface area contributed by atoms with Gasteiger partial charge in [-0.1, -0.05) is 93.6 Å². The zero-order valence-corrected chi connectivity index (χ0v) is 24.2. The molecule has 1 fully saturated rings. The van der Waals surface area contributed by atoms with Crippen LogP contribution in [0.3, 0.4) is 0 Å². The molecule has 1 saturated heterocycles. The molecule has 0 spiro atoms. The van der Waals surface area contributed by atoms with Crippen LogP contribution in [-0.4, -0.2) is 65.5 Å². The first-order valence-corrected chi connectivity index (χ1v) is 14.4. The number of nitrogens with zero attached hydrogens (tertiary/aromatic N) is 1. The van der Waals surface area contributed by atoms with Crippen molar-refractivity contribution in [3.63, 3.8) is 0 Å². The molecule has 3 amide bonds. The van der Waals surface area contributed by atoms with Crippen molar-refractivity contribution < 1.29 is 19.5 Å². The number of aliphatic hydroxyl groups is 1. The fourth-order valence-electron chi connectivity index (χ4n) is 5.18. The van der Waals surface area contributed by atoms with E-state index in [-0.39, 0.29) is 30.7 Å². The normalized spacial score (nSPS) is 16.8. The summed E-state index contributed by atoms with van der Waals surface area (Å²) in [4.78, 5) is 41.5. The van der Waals surface area contributed by atoms with Crippen LogP contribution < -0.4 is 16.0 Å². The van der Waals surface area contributed by atoms with E-state index >= 15 is 0 Å². The molecule has 1 aliphatic rings. The maximum absolute atomic E-state index is 13.5. The van der Waals surface area contributed by atoms with E-state index in [4.69, 9.17) is 0 Å². The number of benzene rings is 3. The Balaban J connectivity index is 1.42. The summed E-state index contributed by atoms with van der Waals surface area (Å²) < 4.78 is 0. The highest BCUT2D eigenvalue weighted by Gasteiger charge is 2.39. The number of hydrogen-bond donors (Lipinski definition) is 4. The molecule has 3 aromatic rings. The largest absolute Gasteiger partial charge is 0.390 e. The van der Waals surface area contributed by atoms with Gasteiger partial charge in [-0.3, -0.25) is 14.4 Å². The van der Waals surface area contributed by atoms with Crippen LogP contribution in [-0.2, 0) is 27.3 Å². The molecule has 8 nitrogen and oxygen atoms in total. The average Bonchev–Trinajstić information content (AvgIpc) is 3.45. The Kier molecular flexibility index (Phi) is 10.1. The predicted octanol–water partition coefficient (Wildman–Crippen LogP) is 3.17. The molecule has 0 radical (unpaired) electrons. The standard InChI is InChI=1S/C33H42N4O4/c1-33(2,3)32(41)37-17-9-14-29(37)31(40)36-28(19-24-15-16-25-12-7-8-13-26(25)18-24)30(39)35-22-27(38)21-34-20-23-10-5-4-6-11-23/h4-8,10-13,15-16,18,27-29,34,38H,9,14,17,19-22H2,1-3H3,(H,35,39)(H,36,40)/t27?,28-,29?/m1/s1. The summed E-state index contributed by atoms with van der Waals surface area (Å²) in [6.07, 6.45) is 0.785. The molecule has 0 aliphatic carbocycles. The molecule has 0 bridgehead atoms. The number of likely N-dealkylation sites (tertiary alicyclic amines) is 1.